The largest absolute Gasteiger partial charge is 0.256 e. The van der Waals surface area contributed by atoms with E-state index in [1.54, 1.807) is 18.2 Å². The van der Waals surface area contributed by atoms with Crippen molar-refractivity contribution < 1.29 is 8.42 Å². The van der Waals surface area contributed by atoms with E-state index in [1.807, 2.05) is 0 Å². The van der Waals surface area contributed by atoms with E-state index in [0.29, 0.717) is 16.1 Å². The fourth-order valence-corrected chi connectivity index (χ4v) is 3.98. The van der Waals surface area contributed by atoms with Crippen molar-refractivity contribution in [1.82, 2.24) is 8.96 Å². The van der Waals surface area contributed by atoms with Gasteiger partial charge >= 0.3 is 0 Å². The molecule has 4 nitrogen and oxygen atoms in total. The molecule has 1 heterocycles. The number of rotatable bonds is 2. The van der Waals surface area contributed by atoms with Crippen molar-refractivity contribution in [2.75, 3.05) is 6.26 Å². The summed E-state index contributed by atoms with van der Waals surface area (Å²) in [6, 6.07) is 4.76. The van der Waals surface area contributed by atoms with Crippen LogP contribution in [-0.4, -0.2) is 26.8 Å². The van der Waals surface area contributed by atoms with Crippen molar-refractivity contribution in [3.05, 3.63) is 23.2 Å². The minimum absolute atomic E-state index is 0.193. The highest BCUT2D eigenvalue weighted by Crippen LogP contribution is 2.42. The van der Waals surface area contributed by atoms with Gasteiger partial charge in [0, 0.05) is 23.2 Å². The minimum Gasteiger partial charge on any atom is -0.253 e. The lowest BCUT2D eigenvalue weighted by atomic mass is 10.3. The zero-order valence-electron chi connectivity index (χ0n) is 9.27. The van der Waals surface area contributed by atoms with Gasteiger partial charge in [-0.3, -0.25) is 3.97 Å². The van der Waals surface area contributed by atoms with Crippen LogP contribution in [0, 0.1) is 0 Å². The number of halogens is 4. The Morgan fingerprint density at radius 3 is 2.47 bits per heavy atom. The van der Waals surface area contributed by atoms with Gasteiger partial charge in [0.1, 0.15) is 0 Å². The molecule has 0 aliphatic carbocycles. The third kappa shape index (κ3) is 3.62. The summed E-state index contributed by atoms with van der Waals surface area (Å²) in [6.45, 7) is 0. The molecule has 10 heteroatoms. The van der Waals surface area contributed by atoms with Crippen LogP contribution >= 0.6 is 58.4 Å². The highest BCUT2D eigenvalue weighted by atomic mass is 35.6. The standard InChI is InChI=1S/C9H6Cl4N2O2S2/c1-19(16,17)8-14-6-4-5(10)2-3-7(6)15(8)18-9(11,12)13/h2-4H,1H3. The summed E-state index contributed by atoms with van der Waals surface area (Å²) >= 11 is 23.7. The topological polar surface area (TPSA) is 52.0 Å². The van der Waals surface area contributed by atoms with E-state index in [4.69, 9.17) is 46.4 Å². The molecule has 104 valence electrons. The van der Waals surface area contributed by atoms with Crippen LogP contribution in [0.25, 0.3) is 11.0 Å². The van der Waals surface area contributed by atoms with Gasteiger partial charge in [0.2, 0.25) is 15.0 Å². The van der Waals surface area contributed by atoms with Crippen molar-refractivity contribution in [3.8, 4) is 0 Å². The molecule has 0 saturated carbocycles. The zero-order chi connectivity index (χ0) is 14.4. The molecule has 0 amide bonds. The first-order valence-electron chi connectivity index (χ1n) is 4.72. The summed E-state index contributed by atoms with van der Waals surface area (Å²) in [5, 5.41) is 0.247. The van der Waals surface area contributed by atoms with Crippen LogP contribution in [0.1, 0.15) is 0 Å². The van der Waals surface area contributed by atoms with E-state index in [2.05, 4.69) is 4.98 Å². The van der Waals surface area contributed by atoms with E-state index in [9.17, 15) is 8.42 Å². The molecule has 0 unspecified atom stereocenters. The lowest BCUT2D eigenvalue weighted by Crippen LogP contribution is -2.08. The first-order chi connectivity index (χ1) is 8.58. The summed E-state index contributed by atoms with van der Waals surface area (Å²) in [6.07, 6.45) is 1.03. The molecule has 2 rings (SSSR count). The maximum atomic E-state index is 11.7. The van der Waals surface area contributed by atoms with Crippen LogP contribution in [0.4, 0.5) is 0 Å². The second kappa shape index (κ2) is 5.16. The fraction of sp³-hybridized carbons (Fsp3) is 0.222. The minimum atomic E-state index is -3.57. The van der Waals surface area contributed by atoms with E-state index < -0.39 is 13.0 Å². The molecule has 2 aromatic rings. The van der Waals surface area contributed by atoms with Crippen molar-refractivity contribution >= 4 is 79.2 Å². The Kier molecular flexibility index (Phi) is 4.22. The molecule has 0 radical (unpaired) electrons. The van der Waals surface area contributed by atoms with Crippen molar-refractivity contribution in [1.29, 1.82) is 0 Å². The summed E-state index contributed by atoms with van der Waals surface area (Å²) in [5.74, 6) is 0. The van der Waals surface area contributed by atoms with Gasteiger partial charge in [-0.1, -0.05) is 46.4 Å². The van der Waals surface area contributed by atoms with Gasteiger partial charge < -0.3 is 0 Å². The molecule has 0 aliphatic rings. The first-order valence-corrected chi connectivity index (χ1v) is 8.90. The quantitative estimate of drug-likeness (QED) is 0.742. The third-order valence-corrected chi connectivity index (χ3v) is 4.74. The maximum Gasteiger partial charge on any atom is 0.256 e. The lowest BCUT2D eigenvalue weighted by Gasteiger charge is -2.12. The average Bonchev–Trinajstić information content (AvgIpc) is 2.53. The molecule has 0 saturated heterocycles. The number of nitrogens with zero attached hydrogens (tertiary/aromatic N) is 2. The number of benzene rings is 1. The molecular formula is C9H6Cl4N2O2S2. The Labute approximate surface area is 134 Å². The molecule has 0 aliphatic heterocycles. The molecule has 19 heavy (non-hydrogen) atoms. The molecule has 0 spiro atoms. The molecule has 0 bridgehead atoms. The van der Waals surface area contributed by atoms with Crippen molar-refractivity contribution in [2.24, 2.45) is 0 Å². The highest BCUT2D eigenvalue weighted by molar-refractivity contribution is 8.04. The average molecular weight is 380 g/mol. The molecule has 0 atom stereocenters. The number of hydrogen-bond donors (Lipinski definition) is 0. The molecule has 0 fully saturated rings. The number of fused-ring (bicyclic) bond motifs is 1. The maximum absolute atomic E-state index is 11.7. The Morgan fingerprint density at radius 2 is 1.95 bits per heavy atom. The van der Waals surface area contributed by atoms with Crippen LogP contribution < -0.4 is 0 Å². The Morgan fingerprint density at radius 1 is 1.32 bits per heavy atom. The van der Waals surface area contributed by atoms with E-state index >= 15 is 0 Å². The summed E-state index contributed by atoms with van der Waals surface area (Å²) < 4.78 is 23.0. The number of hydrogen-bond acceptors (Lipinski definition) is 4. The summed E-state index contributed by atoms with van der Waals surface area (Å²) in [4.78, 5) is 4.02. The second-order valence-electron chi connectivity index (χ2n) is 3.63. The Balaban J connectivity index is 2.76. The van der Waals surface area contributed by atoms with Gasteiger partial charge in [-0.2, -0.15) is 0 Å². The summed E-state index contributed by atoms with van der Waals surface area (Å²) in [7, 11) is -3.57. The van der Waals surface area contributed by atoms with Crippen LogP contribution in [0.15, 0.2) is 23.4 Å². The van der Waals surface area contributed by atoms with E-state index in [-0.39, 0.29) is 5.16 Å². The number of imidazole rings is 1. The van der Waals surface area contributed by atoms with Crippen LogP contribution in [0.5, 0.6) is 0 Å². The van der Waals surface area contributed by atoms with Crippen LogP contribution in [-0.2, 0) is 9.84 Å². The number of alkyl halides is 3. The van der Waals surface area contributed by atoms with Crippen LogP contribution in [0.3, 0.4) is 0 Å². The Hall–Kier alpha value is 0.150. The van der Waals surface area contributed by atoms with Crippen molar-refractivity contribution in [2.45, 2.75) is 8.28 Å². The normalized spacial score (nSPS) is 13.1. The number of sulfone groups is 1. The molecule has 0 N–H and O–H groups in total. The molecular weight excluding hydrogens is 374 g/mol. The fourth-order valence-electron chi connectivity index (χ4n) is 1.43. The van der Waals surface area contributed by atoms with Gasteiger partial charge in [0.15, 0.2) is 0 Å². The second-order valence-corrected chi connectivity index (χ2v) is 10.1. The monoisotopic (exact) mass is 378 g/mol. The smallest absolute Gasteiger partial charge is 0.253 e. The van der Waals surface area contributed by atoms with Gasteiger partial charge in [0.25, 0.3) is 3.12 Å². The third-order valence-electron chi connectivity index (χ3n) is 2.07. The van der Waals surface area contributed by atoms with Gasteiger partial charge in [-0.15, -0.1) is 0 Å². The summed E-state index contributed by atoms with van der Waals surface area (Å²) in [5.41, 5.74) is 0.913. The first kappa shape index (κ1) is 15.5. The highest BCUT2D eigenvalue weighted by Gasteiger charge is 2.28. The van der Waals surface area contributed by atoms with E-state index in [1.165, 1.54) is 3.97 Å². The van der Waals surface area contributed by atoms with E-state index in [0.717, 1.165) is 18.2 Å². The Bertz CT molecular complexity index is 736. The van der Waals surface area contributed by atoms with Gasteiger partial charge in [-0.25, -0.2) is 13.4 Å². The molecule has 1 aromatic carbocycles. The predicted octanol–water partition coefficient (Wildman–Crippen LogP) is 3.92. The SMILES string of the molecule is CS(=O)(=O)c1nc2cc(Cl)ccc2n1SC(Cl)(Cl)Cl. The van der Waals surface area contributed by atoms with Gasteiger partial charge in [-0.05, 0) is 18.2 Å². The predicted molar refractivity (Wildman–Crippen MR) is 81.1 cm³/mol. The van der Waals surface area contributed by atoms with Crippen molar-refractivity contribution in [3.63, 3.8) is 0 Å². The molecule has 1 aromatic heterocycles. The number of aromatic nitrogens is 2. The van der Waals surface area contributed by atoms with Crippen LogP contribution in [0.2, 0.25) is 5.02 Å². The zero-order valence-corrected chi connectivity index (χ0v) is 13.9. The lowest BCUT2D eigenvalue weighted by molar-refractivity contribution is 0.594. The van der Waals surface area contributed by atoms with Gasteiger partial charge in [0.05, 0.1) is 11.0 Å².